The number of hydrogen-bond donors (Lipinski definition) is 1. The van der Waals surface area contributed by atoms with E-state index in [9.17, 15) is 4.79 Å². The minimum Gasteiger partial charge on any atom is -0.494 e. The van der Waals surface area contributed by atoms with Crippen LogP contribution in [0.25, 0.3) is 11.6 Å². The molecule has 0 aliphatic carbocycles. The number of carbonyl (C=O) groups excluding carboxylic acids is 1. The molecule has 0 aromatic heterocycles. The summed E-state index contributed by atoms with van der Waals surface area (Å²) in [5, 5.41) is 2.87. The van der Waals surface area contributed by atoms with E-state index >= 15 is 0 Å². The molecule has 23 heavy (non-hydrogen) atoms. The highest BCUT2D eigenvalue weighted by Crippen LogP contribution is 2.40. The molecule has 5 nitrogen and oxygen atoms in total. The number of amides is 1. The molecular weight excluding hydrogens is 294 g/mol. The highest BCUT2D eigenvalue weighted by molar-refractivity contribution is 6.35. The first kappa shape index (κ1) is 13.7. The molecule has 0 unspecified atom stereocenters. The van der Waals surface area contributed by atoms with E-state index in [4.69, 9.17) is 14.2 Å². The summed E-state index contributed by atoms with van der Waals surface area (Å²) in [6.07, 6.45) is 1.83. The fourth-order valence-corrected chi connectivity index (χ4v) is 2.80. The van der Waals surface area contributed by atoms with Crippen molar-refractivity contribution in [1.29, 1.82) is 0 Å². The standard InChI is InChI=1S/C18H15NO4/c1-2-21-12-6-7-13-14(18(20)19-15(13)9-12)8-11-4-3-5-16-17(11)23-10-22-16/h3-9H,2,10H2,1H3,(H,19,20). The maximum absolute atomic E-state index is 12.3. The van der Waals surface area contributed by atoms with E-state index in [2.05, 4.69) is 5.32 Å². The normalized spacial score (nSPS) is 16.4. The molecule has 5 heteroatoms. The zero-order valence-electron chi connectivity index (χ0n) is 12.6. The van der Waals surface area contributed by atoms with Gasteiger partial charge in [0, 0.05) is 22.8 Å². The fraction of sp³-hybridized carbons (Fsp3) is 0.167. The van der Waals surface area contributed by atoms with Gasteiger partial charge in [-0.15, -0.1) is 0 Å². The Morgan fingerprint density at radius 1 is 1.26 bits per heavy atom. The van der Waals surface area contributed by atoms with E-state index in [0.29, 0.717) is 23.7 Å². The van der Waals surface area contributed by atoms with Crippen molar-refractivity contribution in [2.24, 2.45) is 0 Å². The van der Waals surface area contributed by atoms with Crippen LogP contribution in [0.15, 0.2) is 36.4 Å². The molecule has 1 amide bonds. The molecule has 0 saturated heterocycles. The summed E-state index contributed by atoms with van der Waals surface area (Å²) in [6.45, 7) is 2.72. The quantitative estimate of drug-likeness (QED) is 0.884. The second kappa shape index (κ2) is 5.35. The number of carbonyl (C=O) groups is 1. The van der Waals surface area contributed by atoms with Gasteiger partial charge in [-0.2, -0.15) is 0 Å². The Morgan fingerprint density at radius 2 is 2.17 bits per heavy atom. The maximum atomic E-state index is 12.3. The summed E-state index contributed by atoms with van der Waals surface area (Å²) in [5.41, 5.74) is 3.05. The molecule has 1 N–H and O–H groups in total. The Hall–Kier alpha value is -2.95. The van der Waals surface area contributed by atoms with Crippen LogP contribution in [-0.2, 0) is 4.79 Å². The van der Waals surface area contributed by atoms with Gasteiger partial charge in [0.25, 0.3) is 5.91 Å². The van der Waals surface area contributed by atoms with Gasteiger partial charge in [-0.25, -0.2) is 0 Å². The molecule has 2 aromatic rings. The van der Waals surface area contributed by atoms with Crippen LogP contribution in [0.2, 0.25) is 0 Å². The predicted octanol–water partition coefficient (Wildman–Crippen LogP) is 3.31. The van der Waals surface area contributed by atoms with Gasteiger partial charge in [0.1, 0.15) is 5.75 Å². The number of hydrogen-bond acceptors (Lipinski definition) is 4. The first-order chi connectivity index (χ1) is 11.3. The molecule has 0 radical (unpaired) electrons. The number of fused-ring (bicyclic) bond motifs is 2. The highest BCUT2D eigenvalue weighted by Gasteiger charge is 2.26. The van der Waals surface area contributed by atoms with E-state index in [1.54, 1.807) is 0 Å². The van der Waals surface area contributed by atoms with Gasteiger partial charge in [-0.1, -0.05) is 12.1 Å². The second-order valence-electron chi connectivity index (χ2n) is 5.23. The zero-order valence-corrected chi connectivity index (χ0v) is 12.6. The zero-order chi connectivity index (χ0) is 15.8. The molecular formula is C18H15NO4. The largest absolute Gasteiger partial charge is 0.494 e. The molecule has 2 aromatic carbocycles. The van der Waals surface area contributed by atoms with E-state index in [1.807, 2.05) is 49.4 Å². The number of anilines is 1. The van der Waals surface area contributed by atoms with Gasteiger partial charge in [0.2, 0.25) is 6.79 Å². The van der Waals surface area contributed by atoms with E-state index in [1.165, 1.54) is 0 Å². The van der Waals surface area contributed by atoms with E-state index in [0.717, 1.165) is 22.6 Å². The van der Waals surface area contributed by atoms with Gasteiger partial charge in [0.05, 0.1) is 12.3 Å². The smallest absolute Gasteiger partial charge is 0.256 e. The summed E-state index contributed by atoms with van der Waals surface area (Å²) in [7, 11) is 0. The minimum atomic E-state index is -0.134. The van der Waals surface area contributed by atoms with Gasteiger partial charge >= 0.3 is 0 Å². The van der Waals surface area contributed by atoms with Gasteiger partial charge in [0.15, 0.2) is 11.5 Å². The Kier molecular flexibility index (Phi) is 3.19. The minimum absolute atomic E-state index is 0.134. The lowest BCUT2D eigenvalue weighted by atomic mass is 10.0. The Bertz CT molecular complexity index is 826. The molecule has 4 rings (SSSR count). The summed E-state index contributed by atoms with van der Waals surface area (Å²) < 4.78 is 16.3. The van der Waals surface area contributed by atoms with Crippen molar-refractivity contribution in [1.82, 2.24) is 0 Å². The van der Waals surface area contributed by atoms with Crippen LogP contribution < -0.4 is 19.5 Å². The SMILES string of the molecule is CCOc1ccc2c(c1)NC(=O)C2=Cc1cccc2c1OCO2. The fourth-order valence-electron chi connectivity index (χ4n) is 2.80. The first-order valence-electron chi connectivity index (χ1n) is 7.45. The van der Waals surface area contributed by atoms with E-state index in [-0.39, 0.29) is 12.7 Å². The second-order valence-corrected chi connectivity index (χ2v) is 5.23. The van der Waals surface area contributed by atoms with Crippen LogP contribution in [0.3, 0.4) is 0 Å². The predicted molar refractivity (Wildman–Crippen MR) is 86.7 cm³/mol. The number of nitrogens with one attached hydrogen (secondary N) is 1. The van der Waals surface area contributed by atoms with Crippen molar-refractivity contribution in [3.05, 3.63) is 47.5 Å². The average molecular weight is 309 g/mol. The lowest BCUT2D eigenvalue weighted by Crippen LogP contribution is -2.03. The van der Waals surface area contributed by atoms with Crippen LogP contribution in [0.4, 0.5) is 5.69 Å². The van der Waals surface area contributed by atoms with Crippen molar-refractivity contribution in [2.45, 2.75) is 6.92 Å². The lowest BCUT2D eigenvalue weighted by molar-refractivity contribution is -0.110. The van der Waals surface area contributed by atoms with Crippen molar-refractivity contribution >= 4 is 23.2 Å². The maximum Gasteiger partial charge on any atom is 0.256 e. The van der Waals surface area contributed by atoms with Crippen LogP contribution >= 0.6 is 0 Å². The van der Waals surface area contributed by atoms with Gasteiger partial charge < -0.3 is 19.5 Å². The number of benzene rings is 2. The highest BCUT2D eigenvalue weighted by atomic mass is 16.7. The summed E-state index contributed by atoms with van der Waals surface area (Å²) in [5.74, 6) is 1.98. The molecule has 0 fully saturated rings. The molecule has 0 spiro atoms. The van der Waals surface area contributed by atoms with Crippen molar-refractivity contribution < 1.29 is 19.0 Å². The molecule has 2 aliphatic rings. The van der Waals surface area contributed by atoms with Crippen LogP contribution in [0.5, 0.6) is 17.2 Å². The van der Waals surface area contributed by atoms with E-state index < -0.39 is 0 Å². The Morgan fingerprint density at radius 3 is 3.04 bits per heavy atom. The third-order valence-corrected chi connectivity index (χ3v) is 3.81. The average Bonchev–Trinajstić information content (AvgIpc) is 3.13. The monoisotopic (exact) mass is 309 g/mol. The third-order valence-electron chi connectivity index (χ3n) is 3.81. The van der Waals surface area contributed by atoms with Crippen molar-refractivity contribution in [3.63, 3.8) is 0 Å². The molecule has 2 heterocycles. The van der Waals surface area contributed by atoms with Gasteiger partial charge in [-0.05, 0) is 31.2 Å². The summed E-state index contributed by atoms with van der Waals surface area (Å²) >= 11 is 0. The third kappa shape index (κ3) is 2.30. The van der Waals surface area contributed by atoms with Gasteiger partial charge in [-0.3, -0.25) is 4.79 Å². The van der Waals surface area contributed by atoms with Crippen molar-refractivity contribution in [2.75, 3.05) is 18.7 Å². The molecule has 116 valence electrons. The molecule has 0 atom stereocenters. The topological polar surface area (TPSA) is 56.8 Å². The summed E-state index contributed by atoms with van der Waals surface area (Å²) in [4.78, 5) is 12.3. The molecule has 0 bridgehead atoms. The first-order valence-corrected chi connectivity index (χ1v) is 7.45. The lowest BCUT2D eigenvalue weighted by Gasteiger charge is -2.05. The number of para-hydroxylation sites is 1. The van der Waals surface area contributed by atoms with Crippen LogP contribution in [-0.4, -0.2) is 19.3 Å². The number of rotatable bonds is 3. The molecule has 2 aliphatic heterocycles. The van der Waals surface area contributed by atoms with Crippen LogP contribution in [0.1, 0.15) is 18.1 Å². The molecule has 0 saturated carbocycles. The number of ether oxygens (including phenoxy) is 3. The Balaban J connectivity index is 1.77. The van der Waals surface area contributed by atoms with Crippen LogP contribution in [0, 0.1) is 0 Å². The summed E-state index contributed by atoms with van der Waals surface area (Å²) in [6, 6.07) is 11.2. The Labute approximate surface area is 133 Å². The van der Waals surface area contributed by atoms with Crippen molar-refractivity contribution in [3.8, 4) is 17.2 Å².